The standard InChI is InChI=1S/C35H63N3O3/c1-5-26-30-23-25(39)13-15-35(30,4)29-14-16-34(3)27(10-11-28(34)32(29)33(26)41)24(2)9-12-31(40)37-19-18-36-17-8-22-38-20-6-7-21-38/h24-30,32-33,36,39,41H,5-23H2,1-4H3,(H,37,40)/t24-,25-,26-,27-,28+,29+,30+,32+,33-,34-,35-/m1/s1. The monoisotopic (exact) mass is 573 g/mol. The number of amides is 1. The molecule has 41 heavy (non-hydrogen) atoms. The molecule has 5 aliphatic rings. The number of likely N-dealkylation sites (tertiary alicyclic amines) is 1. The molecule has 0 bridgehead atoms. The van der Waals surface area contributed by atoms with Crippen LogP contribution in [-0.2, 0) is 4.79 Å². The van der Waals surface area contributed by atoms with Crippen molar-refractivity contribution in [3.63, 3.8) is 0 Å². The van der Waals surface area contributed by atoms with Crippen LogP contribution in [0.2, 0.25) is 0 Å². The Kier molecular flexibility index (Phi) is 10.5. The van der Waals surface area contributed by atoms with E-state index < -0.39 is 0 Å². The number of hydrogen-bond acceptors (Lipinski definition) is 5. The Morgan fingerprint density at radius 3 is 2.44 bits per heavy atom. The molecule has 0 aromatic rings. The smallest absolute Gasteiger partial charge is 0.220 e. The highest BCUT2D eigenvalue weighted by atomic mass is 16.3. The number of hydrogen-bond donors (Lipinski definition) is 4. The largest absolute Gasteiger partial charge is 0.393 e. The van der Waals surface area contributed by atoms with Gasteiger partial charge in [0.05, 0.1) is 12.2 Å². The van der Waals surface area contributed by atoms with Crippen LogP contribution in [0.15, 0.2) is 0 Å². The van der Waals surface area contributed by atoms with E-state index in [1.807, 2.05) is 0 Å². The van der Waals surface area contributed by atoms with Gasteiger partial charge in [-0.15, -0.1) is 0 Å². The quantitative estimate of drug-likeness (QED) is 0.241. The van der Waals surface area contributed by atoms with Gasteiger partial charge in [0.15, 0.2) is 0 Å². The molecule has 1 saturated heterocycles. The lowest BCUT2D eigenvalue weighted by Crippen LogP contribution is -2.62. The van der Waals surface area contributed by atoms with Crippen molar-refractivity contribution < 1.29 is 15.0 Å². The normalized spacial score (nSPS) is 43.3. The number of aliphatic hydroxyl groups excluding tert-OH is 2. The summed E-state index contributed by atoms with van der Waals surface area (Å²) < 4.78 is 0. The fourth-order valence-corrected chi connectivity index (χ4v) is 11.4. The maximum absolute atomic E-state index is 12.7. The Balaban J connectivity index is 1.09. The van der Waals surface area contributed by atoms with E-state index in [4.69, 9.17) is 0 Å². The zero-order valence-corrected chi connectivity index (χ0v) is 26.9. The van der Waals surface area contributed by atoms with Gasteiger partial charge in [0.1, 0.15) is 0 Å². The van der Waals surface area contributed by atoms with Gasteiger partial charge in [0, 0.05) is 19.5 Å². The van der Waals surface area contributed by atoms with E-state index in [2.05, 4.69) is 43.2 Å². The van der Waals surface area contributed by atoms with Gasteiger partial charge in [-0.05, 0) is 149 Å². The van der Waals surface area contributed by atoms with Crippen LogP contribution in [0.5, 0.6) is 0 Å². The van der Waals surface area contributed by atoms with Crippen LogP contribution in [0.3, 0.4) is 0 Å². The van der Waals surface area contributed by atoms with E-state index >= 15 is 0 Å². The van der Waals surface area contributed by atoms with Crippen molar-refractivity contribution in [1.29, 1.82) is 0 Å². The molecule has 0 radical (unpaired) electrons. The molecule has 6 heteroatoms. The second-order valence-electron chi connectivity index (χ2n) is 15.6. The molecule has 4 N–H and O–H groups in total. The van der Waals surface area contributed by atoms with Crippen LogP contribution >= 0.6 is 0 Å². The van der Waals surface area contributed by atoms with Gasteiger partial charge in [-0.3, -0.25) is 4.79 Å². The fraction of sp³-hybridized carbons (Fsp3) is 0.971. The first kappa shape index (κ1) is 31.7. The fourth-order valence-electron chi connectivity index (χ4n) is 11.4. The maximum Gasteiger partial charge on any atom is 0.220 e. The number of carbonyl (C=O) groups excluding carboxylic acids is 1. The third kappa shape index (κ3) is 6.42. The number of nitrogens with one attached hydrogen (secondary N) is 2. The Labute approximate surface area is 251 Å². The Hall–Kier alpha value is -0.690. The third-order valence-electron chi connectivity index (χ3n) is 13.6. The van der Waals surface area contributed by atoms with Gasteiger partial charge in [-0.2, -0.15) is 0 Å². The molecule has 236 valence electrons. The second-order valence-corrected chi connectivity index (χ2v) is 15.6. The van der Waals surface area contributed by atoms with Gasteiger partial charge in [-0.25, -0.2) is 0 Å². The summed E-state index contributed by atoms with van der Waals surface area (Å²) in [5, 5.41) is 29.1. The Morgan fingerprint density at radius 2 is 1.68 bits per heavy atom. The lowest BCUT2D eigenvalue weighted by atomic mass is 9.41. The Bertz CT molecular complexity index is 864. The van der Waals surface area contributed by atoms with Gasteiger partial charge < -0.3 is 25.7 Å². The van der Waals surface area contributed by atoms with E-state index in [-0.39, 0.29) is 28.9 Å². The molecule has 4 saturated carbocycles. The second kappa shape index (κ2) is 13.5. The number of carbonyl (C=O) groups is 1. The number of fused-ring (bicyclic) bond motifs is 5. The zero-order valence-electron chi connectivity index (χ0n) is 26.9. The maximum atomic E-state index is 12.7. The Morgan fingerprint density at radius 1 is 0.951 bits per heavy atom. The van der Waals surface area contributed by atoms with E-state index in [0.29, 0.717) is 47.8 Å². The number of aliphatic hydroxyl groups is 2. The number of nitrogens with zero attached hydrogens (tertiary/aromatic N) is 1. The molecular weight excluding hydrogens is 510 g/mol. The van der Waals surface area contributed by atoms with Crippen LogP contribution in [0, 0.1) is 52.3 Å². The first-order chi connectivity index (χ1) is 19.7. The highest BCUT2D eigenvalue weighted by molar-refractivity contribution is 5.75. The molecule has 6 nitrogen and oxygen atoms in total. The molecule has 0 spiro atoms. The minimum Gasteiger partial charge on any atom is -0.393 e. The first-order valence-electron chi connectivity index (χ1n) is 17.7. The molecule has 11 atom stereocenters. The van der Waals surface area contributed by atoms with Crippen molar-refractivity contribution in [3.05, 3.63) is 0 Å². The molecule has 1 amide bonds. The van der Waals surface area contributed by atoms with Crippen LogP contribution in [0.4, 0.5) is 0 Å². The van der Waals surface area contributed by atoms with Gasteiger partial charge in [-0.1, -0.05) is 34.1 Å². The SMILES string of the molecule is CC[C@H]1[C@@H](O)[C@@H]2[C@H](CC[C@]3(C)[C@@H]([C@H](C)CCC(=O)NCCNCCCN4CCCC4)CC[C@@H]23)[C@@]2(C)CC[C@@H](O)C[C@@H]12. The van der Waals surface area contributed by atoms with Crippen LogP contribution in [-0.4, -0.2) is 72.5 Å². The molecule has 1 heterocycles. The van der Waals surface area contributed by atoms with Gasteiger partial charge in [0.2, 0.25) is 5.91 Å². The van der Waals surface area contributed by atoms with Crippen LogP contribution in [0.1, 0.15) is 111 Å². The topological polar surface area (TPSA) is 84.8 Å². The van der Waals surface area contributed by atoms with Crippen LogP contribution in [0.25, 0.3) is 0 Å². The molecule has 0 unspecified atom stereocenters. The minimum atomic E-state index is -0.230. The zero-order chi connectivity index (χ0) is 29.2. The number of rotatable bonds is 12. The average molecular weight is 574 g/mol. The summed E-state index contributed by atoms with van der Waals surface area (Å²) in [6.45, 7) is 16.1. The third-order valence-corrected chi connectivity index (χ3v) is 13.6. The van der Waals surface area contributed by atoms with Crippen molar-refractivity contribution in [2.24, 2.45) is 52.3 Å². The lowest BCUT2D eigenvalue weighted by molar-refractivity contribution is -0.203. The molecule has 5 fully saturated rings. The predicted octanol–water partition coefficient (Wildman–Crippen LogP) is 5.22. The minimum absolute atomic E-state index is 0.186. The molecular formula is C35H63N3O3. The summed E-state index contributed by atoms with van der Waals surface area (Å²) in [6, 6.07) is 0. The van der Waals surface area contributed by atoms with Crippen molar-refractivity contribution in [3.8, 4) is 0 Å². The molecule has 4 aliphatic carbocycles. The van der Waals surface area contributed by atoms with Crippen LogP contribution < -0.4 is 10.6 Å². The molecule has 5 rings (SSSR count). The van der Waals surface area contributed by atoms with Gasteiger partial charge in [0.25, 0.3) is 0 Å². The summed E-state index contributed by atoms with van der Waals surface area (Å²) in [6.07, 6.45) is 14.0. The summed E-state index contributed by atoms with van der Waals surface area (Å²) in [7, 11) is 0. The summed E-state index contributed by atoms with van der Waals surface area (Å²) in [5.41, 5.74) is 0.530. The van der Waals surface area contributed by atoms with Crippen molar-refractivity contribution in [2.75, 3.05) is 39.3 Å². The van der Waals surface area contributed by atoms with E-state index in [1.54, 1.807) is 0 Å². The van der Waals surface area contributed by atoms with Crippen molar-refractivity contribution >= 4 is 5.91 Å². The summed E-state index contributed by atoms with van der Waals surface area (Å²) in [5.74, 6) is 3.73. The van der Waals surface area contributed by atoms with E-state index in [1.165, 1.54) is 64.6 Å². The lowest BCUT2D eigenvalue weighted by Gasteiger charge is -2.64. The molecule has 0 aromatic heterocycles. The molecule has 1 aliphatic heterocycles. The highest BCUT2D eigenvalue weighted by Gasteiger charge is 2.64. The summed E-state index contributed by atoms with van der Waals surface area (Å²) >= 11 is 0. The molecule has 0 aromatic carbocycles. The van der Waals surface area contributed by atoms with Crippen molar-refractivity contribution in [2.45, 2.75) is 123 Å². The summed E-state index contributed by atoms with van der Waals surface area (Å²) in [4.78, 5) is 15.2. The predicted molar refractivity (Wildman–Crippen MR) is 166 cm³/mol. The van der Waals surface area contributed by atoms with E-state index in [9.17, 15) is 15.0 Å². The van der Waals surface area contributed by atoms with Gasteiger partial charge >= 0.3 is 0 Å². The first-order valence-corrected chi connectivity index (χ1v) is 17.7. The van der Waals surface area contributed by atoms with E-state index in [0.717, 1.165) is 51.7 Å². The van der Waals surface area contributed by atoms with Crippen molar-refractivity contribution in [1.82, 2.24) is 15.5 Å². The average Bonchev–Trinajstić information content (AvgIpc) is 3.60. The highest BCUT2D eigenvalue weighted by Crippen LogP contribution is 2.69.